The molecule has 2 rings (SSSR count). The average molecular weight is 509 g/mol. The third-order valence-corrected chi connectivity index (χ3v) is 7.12. The summed E-state index contributed by atoms with van der Waals surface area (Å²) in [6.45, 7) is 8.84. The number of nitrogens with zero attached hydrogens (tertiary/aromatic N) is 1. The third-order valence-electron chi connectivity index (χ3n) is 7.12. The van der Waals surface area contributed by atoms with Gasteiger partial charge in [0.15, 0.2) is 6.10 Å². The summed E-state index contributed by atoms with van der Waals surface area (Å²) in [5, 5.41) is 21.7. The van der Waals surface area contributed by atoms with Gasteiger partial charge in [0, 0.05) is 18.4 Å². The van der Waals surface area contributed by atoms with Gasteiger partial charge in [0.2, 0.25) is 5.89 Å². The number of hydrogen-bond acceptors (Lipinski definition) is 8. The third kappa shape index (κ3) is 7.82. The lowest BCUT2D eigenvalue weighted by atomic mass is 9.71. The van der Waals surface area contributed by atoms with Crippen LogP contribution in [0.5, 0.6) is 0 Å². The largest absolute Gasteiger partial charge is 0.455 e. The zero-order valence-corrected chi connectivity index (χ0v) is 22.0. The number of aliphatic hydroxyl groups is 2. The fraction of sp³-hybridized carbons (Fsp3) is 0.667. The van der Waals surface area contributed by atoms with E-state index in [1.165, 1.54) is 6.26 Å². The molecule has 8 nitrogen and oxygen atoms in total. The highest BCUT2D eigenvalue weighted by Gasteiger charge is 2.43. The quantitative estimate of drug-likeness (QED) is 0.406. The predicted octanol–water partition coefficient (Wildman–Crippen LogP) is 4.25. The predicted molar refractivity (Wildman–Crippen MR) is 134 cm³/mol. The van der Waals surface area contributed by atoms with Gasteiger partial charge in [-0.15, -0.1) is 0 Å². The first-order chi connectivity index (χ1) is 16.9. The molecule has 1 aliphatic rings. The first kappa shape index (κ1) is 29.9. The van der Waals surface area contributed by atoms with Crippen LogP contribution in [0.2, 0.25) is 0 Å². The molecule has 0 saturated carbocycles. The van der Waals surface area contributed by atoms with E-state index in [1.54, 1.807) is 13.8 Å². The molecule has 0 bridgehead atoms. The van der Waals surface area contributed by atoms with E-state index in [-0.39, 0.29) is 36.3 Å². The maximum Gasteiger partial charge on any atom is 0.309 e. The fourth-order valence-corrected chi connectivity index (χ4v) is 4.46. The molecular weight excluding hydrogens is 467 g/mol. The lowest BCUT2D eigenvalue weighted by molar-refractivity contribution is -0.155. The van der Waals surface area contributed by atoms with Crippen LogP contribution in [0.15, 0.2) is 28.2 Å². The summed E-state index contributed by atoms with van der Waals surface area (Å²) in [4.78, 5) is 30.1. The molecule has 4 N–H and O–H groups in total. The highest BCUT2D eigenvalue weighted by molar-refractivity contribution is 5.88. The lowest BCUT2D eigenvalue weighted by Crippen LogP contribution is -2.46. The van der Waals surface area contributed by atoms with Gasteiger partial charge < -0.3 is 25.1 Å². The smallest absolute Gasteiger partial charge is 0.309 e. The number of allylic oxidation sites excluding steroid dienone is 1. The Hall–Kier alpha value is -2.36. The summed E-state index contributed by atoms with van der Waals surface area (Å²) in [6.07, 6.45) is 2.99. The number of cyclic esters (lactones) is 1. The van der Waals surface area contributed by atoms with Gasteiger partial charge in [-0.3, -0.25) is 9.59 Å². The van der Waals surface area contributed by atoms with E-state index in [9.17, 15) is 19.8 Å². The molecule has 0 saturated heterocycles. The molecule has 0 amide bonds. The second-order valence-electron chi connectivity index (χ2n) is 10.3. The van der Waals surface area contributed by atoms with Crippen molar-refractivity contribution < 1.29 is 33.3 Å². The maximum atomic E-state index is 15.2. The van der Waals surface area contributed by atoms with Crippen molar-refractivity contribution >= 4 is 17.8 Å². The molecule has 1 aliphatic heterocycles. The summed E-state index contributed by atoms with van der Waals surface area (Å²) >= 11 is 0. The monoisotopic (exact) mass is 508 g/mol. The van der Waals surface area contributed by atoms with Crippen LogP contribution in [0.1, 0.15) is 84.7 Å². The number of ketones is 1. The standard InChI is InChI=1S/C27H41FN2O6/c1-6-19-25(33)17(3)9-7-8-16(2)10-11-21(20(28)12-18-15-35-23(14-29)30-18)36-24(32)13-22(31)27(4,5)26(19)34/h10,12,15,17,19,21-22,25,31,33H,6-9,11,13-14,29H2,1-5H3/b16-10-,20-12?. The molecular formula is C27H41FN2O6. The maximum absolute atomic E-state index is 15.2. The van der Waals surface area contributed by atoms with Gasteiger partial charge in [-0.2, -0.15) is 0 Å². The number of rotatable bonds is 4. The van der Waals surface area contributed by atoms with Crippen LogP contribution < -0.4 is 5.73 Å². The van der Waals surface area contributed by atoms with Crippen molar-refractivity contribution in [1.29, 1.82) is 0 Å². The van der Waals surface area contributed by atoms with Gasteiger partial charge in [0.1, 0.15) is 23.6 Å². The summed E-state index contributed by atoms with van der Waals surface area (Å²) in [5.74, 6) is -2.40. The zero-order valence-electron chi connectivity index (χ0n) is 22.0. The van der Waals surface area contributed by atoms with Gasteiger partial charge in [0.05, 0.1) is 30.6 Å². The minimum atomic E-state index is -1.37. The Balaban J connectivity index is 2.35. The van der Waals surface area contributed by atoms with Crippen LogP contribution >= 0.6 is 0 Å². The van der Waals surface area contributed by atoms with E-state index in [1.807, 2.05) is 26.8 Å². The molecule has 0 aromatic carbocycles. The number of halogens is 1. The minimum absolute atomic E-state index is 0.0662. The summed E-state index contributed by atoms with van der Waals surface area (Å²) in [6, 6.07) is 0. The van der Waals surface area contributed by atoms with Gasteiger partial charge >= 0.3 is 5.97 Å². The second-order valence-corrected chi connectivity index (χ2v) is 10.3. The van der Waals surface area contributed by atoms with Crippen molar-refractivity contribution in [3.05, 3.63) is 35.3 Å². The molecule has 1 aromatic rings. The number of carbonyl (C=O) groups excluding carboxylic acids is 2. The van der Waals surface area contributed by atoms with Gasteiger partial charge in [0.25, 0.3) is 0 Å². The van der Waals surface area contributed by atoms with Crippen molar-refractivity contribution in [3.8, 4) is 0 Å². The fourth-order valence-electron chi connectivity index (χ4n) is 4.46. The number of esters is 1. The van der Waals surface area contributed by atoms with Gasteiger partial charge in [-0.05, 0) is 38.5 Å². The molecule has 202 valence electrons. The highest BCUT2D eigenvalue weighted by Crippen LogP contribution is 2.34. The molecule has 0 aliphatic carbocycles. The minimum Gasteiger partial charge on any atom is -0.455 e. The zero-order chi connectivity index (χ0) is 27.0. The van der Waals surface area contributed by atoms with Gasteiger partial charge in [-0.25, -0.2) is 9.37 Å². The summed E-state index contributed by atoms with van der Waals surface area (Å²) < 4.78 is 25.7. The van der Waals surface area contributed by atoms with Crippen molar-refractivity contribution in [3.63, 3.8) is 0 Å². The van der Waals surface area contributed by atoms with Gasteiger partial charge in [-0.1, -0.05) is 39.3 Å². The Kier molecular flexibility index (Phi) is 11.0. The van der Waals surface area contributed by atoms with E-state index in [0.717, 1.165) is 24.5 Å². The molecule has 5 atom stereocenters. The Morgan fingerprint density at radius 2 is 2.03 bits per heavy atom. The summed E-state index contributed by atoms with van der Waals surface area (Å²) in [5.41, 5.74) is 5.38. The number of hydrogen-bond donors (Lipinski definition) is 3. The highest BCUT2D eigenvalue weighted by atomic mass is 19.1. The SMILES string of the molecule is CCC1C(=O)C(C)(C)C(O)CC(=O)OC(C(F)=Cc2coc(CN)n2)C/C=C(/C)CCCC(C)C1O. The molecule has 0 radical (unpaired) electrons. The Morgan fingerprint density at radius 3 is 2.64 bits per heavy atom. The molecule has 5 unspecified atom stereocenters. The number of Topliss-reactive ketones (excluding diaryl/α,β-unsaturated/α-hetero) is 1. The number of oxazole rings is 1. The van der Waals surface area contributed by atoms with Crippen LogP contribution in [-0.2, 0) is 20.9 Å². The van der Waals surface area contributed by atoms with E-state index >= 15 is 4.39 Å². The van der Waals surface area contributed by atoms with Crippen LogP contribution in [0.25, 0.3) is 6.08 Å². The van der Waals surface area contributed by atoms with Crippen molar-refractivity contribution in [2.75, 3.05) is 0 Å². The van der Waals surface area contributed by atoms with Crippen molar-refractivity contribution in [2.24, 2.45) is 23.0 Å². The summed E-state index contributed by atoms with van der Waals surface area (Å²) in [7, 11) is 0. The molecule has 0 spiro atoms. The molecule has 0 fully saturated rings. The Bertz CT molecular complexity index is 954. The first-order valence-corrected chi connectivity index (χ1v) is 12.7. The molecule has 1 aromatic heterocycles. The Morgan fingerprint density at radius 1 is 1.33 bits per heavy atom. The van der Waals surface area contributed by atoms with E-state index < -0.39 is 47.9 Å². The van der Waals surface area contributed by atoms with E-state index in [2.05, 4.69) is 4.98 Å². The van der Waals surface area contributed by atoms with E-state index in [4.69, 9.17) is 14.9 Å². The van der Waals surface area contributed by atoms with E-state index in [0.29, 0.717) is 12.8 Å². The van der Waals surface area contributed by atoms with Crippen LogP contribution in [-0.4, -0.2) is 45.3 Å². The Labute approximate surface area is 212 Å². The van der Waals surface area contributed by atoms with Crippen molar-refractivity contribution in [2.45, 2.75) is 98.0 Å². The number of aliphatic hydroxyl groups excluding tert-OH is 2. The first-order valence-electron chi connectivity index (χ1n) is 12.7. The molecule has 9 heteroatoms. The lowest BCUT2D eigenvalue weighted by Gasteiger charge is -2.35. The average Bonchev–Trinajstić information content (AvgIpc) is 3.28. The normalized spacial score (nSPS) is 31.0. The van der Waals surface area contributed by atoms with Crippen LogP contribution in [0, 0.1) is 17.3 Å². The second kappa shape index (κ2) is 13.3. The number of carbonyl (C=O) groups is 2. The number of aromatic nitrogens is 1. The van der Waals surface area contributed by atoms with Crippen LogP contribution in [0.3, 0.4) is 0 Å². The number of nitrogens with two attached hydrogens (primary N) is 1. The van der Waals surface area contributed by atoms with Crippen molar-refractivity contribution in [1.82, 2.24) is 4.98 Å². The topological polar surface area (TPSA) is 136 Å². The molecule has 2 heterocycles. The van der Waals surface area contributed by atoms with Crippen LogP contribution in [0.4, 0.5) is 4.39 Å². The number of ether oxygens (including phenoxy) is 1. The molecule has 36 heavy (non-hydrogen) atoms.